The second-order valence-electron chi connectivity index (χ2n) is 8.00. The molecule has 0 aliphatic rings. The van der Waals surface area contributed by atoms with E-state index in [0.29, 0.717) is 5.56 Å². The molecule has 8 nitrogen and oxygen atoms in total. The molecule has 0 aliphatic heterocycles. The fourth-order valence-electron chi connectivity index (χ4n) is 3.56. The smallest absolute Gasteiger partial charge is 0.251 e. The molecule has 2 atom stereocenters. The van der Waals surface area contributed by atoms with E-state index in [1.165, 1.54) is 0 Å². The molecule has 3 rings (SSSR count). The van der Waals surface area contributed by atoms with E-state index in [-0.39, 0.29) is 19.4 Å². The van der Waals surface area contributed by atoms with Gasteiger partial charge in [0.25, 0.3) is 5.91 Å². The fraction of sp³-hybridized carbons (Fsp3) is 0.185. The van der Waals surface area contributed by atoms with Crippen molar-refractivity contribution in [3.63, 3.8) is 0 Å². The van der Waals surface area contributed by atoms with Gasteiger partial charge in [-0.25, -0.2) is 0 Å². The van der Waals surface area contributed by atoms with Gasteiger partial charge >= 0.3 is 0 Å². The standard InChI is InChI=1S/C27H28N4O4/c28-24(32)17-22(20-12-6-2-7-13-20)30-25(33)18-29-27(35)23(16-19-10-4-1-5-11-19)31-26(34)21-14-8-3-9-15-21/h1-15,22-23H,16-18H2,(H2,28,32)(H,29,35)(H,30,33)(H,31,34)/t22-,23-/m0/s1. The zero-order chi connectivity index (χ0) is 25.0. The number of carbonyl (C=O) groups is 4. The molecule has 0 radical (unpaired) electrons. The van der Waals surface area contributed by atoms with Gasteiger partial charge in [0, 0.05) is 12.0 Å². The summed E-state index contributed by atoms with van der Waals surface area (Å²) in [7, 11) is 0. The van der Waals surface area contributed by atoms with E-state index >= 15 is 0 Å². The number of nitrogens with two attached hydrogens (primary N) is 1. The molecule has 0 unspecified atom stereocenters. The summed E-state index contributed by atoms with van der Waals surface area (Å²) in [5, 5.41) is 8.08. The van der Waals surface area contributed by atoms with Crippen LogP contribution in [0.5, 0.6) is 0 Å². The van der Waals surface area contributed by atoms with Crippen molar-refractivity contribution in [1.82, 2.24) is 16.0 Å². The summed E-state index contributed by atoms with van der Waals surface area (Å²) in [5.74, 6) is -1.94. The van der Waals surface area contributed by atoms with Crippen LogP contribution in [0.25, 0.3) is 0 Å². The molecule has 0 saturated heterocycles. The Bertz CT molecular complexity index is 1140. The Balaban J connectivity index is 1.65. The van der Waals surface area contributed by atoms with Crippen molar-refractivity contribution in [3.05, 3.63) is 108 Å². The Morgan fingerprint density at radius 3 is 1.91 bits per heavy atom. The van der Waals surface area contributed by atoms with Gasteiger partial charge in [0.15, 0.2) is 0 Å². The number of amides is 4. The first-order chi connectivity index (χ1) is 16.9. The van der Waals surface area contributed by atoms with Gasteiger partial charge in [-0.1, -0.05) is 78.9 Å². The fourth-order valence-corrected chi connectivity index (χ4v) is 3.56. The monoisotopic (exact) mass is 472 g/mol. The van der Waals surface area contributed by atoms with Crippen molar-refractivity contribution < 1.29 is 19.2 Å². The van der Waals surface area contributed by atoms with Crippen molar-refractivity contribution in [2.24, 2.45) is 5.73 Å². The highest BCUT2D eigenvalue weighted by Gasteiger charge is 2.23. The molecule has 0 fully saturated rings. The second-order valence-corrected chi connectivity index (χ2v) is 8.00. The Kier molecular flexibility index (Phi) is 9.13. The van der Waals surface area contributed by atoms with E-state index in [9.17, 15) is 19.2 Å². The number of rotatable bonds is 11. The molecular formula is C27H28N4O4. The SMILES string of the molecule is NC(=O)C[C@H](NC(=O)CNC(=O)[C@H](Cc1ccccc1)NC(=O)c1ccccc1)c1ccccc1. The summed E-state index contributed by atoms with van der Waals surface area (Å²) in [5.41, 5.74) is 7.34. The first-order valence-electron chi connectivity index (χ1n) is 11.2. The van der Waals surface area contributed by atoms with Crippen molar-refractivity contribution in [2.75, 3.05) is 6.54 Å². The van der Waals surface area contributed by atoms with Crippen LogP contribution in [0.15, 0.2) is 91.0 Å². The van der Waals surface area contributed by atoms with Gasteiger partial charge in [0.2, 0.25) is 17.7 Å². The summed E-state index contributed by atoms with van der Waals surface area (Å²) < 4.78 is 0. The van der Waals surface area contributed by atoms with Gasteiger partial charge in [-0.3, -0.25) is 19.2 Å². The van der Waals surface area contributed by atoms with Crippen LogP contribution in [0, 0.1) is 0 Å². The highest BCUT2D eigenvalue weighted by atomic mass is 16.2. The van der Waals surface area contributed by atoms with Crippen LogP contribution < -0.4 is 21.7 Å². The predicted octanol–water partition coefficient (Wildman–Crippen LogP) is 1.88. The number of hydrogen-bond acceptors (Lipinski definition) is 4. The Morgan fingerprint density at radius 1 is 0.743 bits per heavy atom. The van der Waals surface area contributed by atoms with Crippen LogP contribution in [0.2, 0.25) is 0 Å². The number of hydrogen-bond donors (Lipinski definition) is 4. The highest BCUT2D eigenvalue weighted by Crippen LogP contribution is 2.16. The maximum atomic E-state index is 13.0. The molecule has 0 heterocycles. The number of carbonyl (C=O) groups excluding carboxylic acids is 4. The highest BCUT2D eigenvalue weighted by molar-refractivity contribution is 5.98. The molecule has 0 saturated carbocycles. The summed E-state index contributed by atoms with van der Waals surface area (Å²) in [6.07, 6.45) is 0.175. The average Bonchev–Trinajstić information content (AvgIpc) is 2.88. The minimum Gasteiger partial charge on any atom is -0.370 e. The predicted molar refractivity (Wildman–Crippen MR) is 132 cm³/mol. The third-order valence-electron chi connectivity index (χ3n) is 5.31. The lowest BCUT2D eigenvalue weighted by atomic mass is 10.0. The molecule has 0 bridgehead atoms. The van der Waals surface area contributed by atoms with Gasteiger partial charge in [-0.05, 0) is 23.3 Å². The van der Waals surface area contributed by atoms with E-state index in [0.717, 1.165) is 11.1 Å². The van der Waals surface area contributed by atoms with Crippen LogP contribution in [0.3, 0.4) is 0 Å². The van der Waals surface area contributed by atoms with Gasteiger partial charge in [-0.2, -0.15) is 0 Å². The van der Waals surface area contributed by atoms with E-state index in [1.54, 1.807) is 54.6 Å². The lowest BCUT2D eigenvalue weighted by Gasteiger charge is -2.20. The van der Waals surface area contributed by atoms with E-state index in [4.69, 9.17) is 5.73 Å². The molecule has 4 amide bonds. The second kappa shape index (κ2) is 12.7. The molecule has 3 aromatic carbocycles. The minimum atomic E-state index is -0.895. The Hall–Kier alpha value is -4.46. The van der Waals surface area contributed by atoms with Crippen molar-refractivity contribution in [2.45, 2.75) is 24.9 Å². The summed E-state index contributed by atoms with van der Waals surface area (Å²) in [4.78, 5) is 49.7. The van der Waals surface area contributed by atoms with Crippen molar-refractivity contribution >= 4 is 23.6 Å². The molecule has 5 N–H and O–H groups in total. The first-order valence-corrected chi connectivity index (χ1v) is 11.2. The van der Waals surface area contributed by atoms with E-state index in [2.05, 4.69) is 16.0 Å². The van der Waals surface area contributed by atoms with Gasteiger partial charge in [0.05, 0.1) is 19.0 Å². The van der Waals surface area contributed by atoms with E-state index < -0.39 is 35.7 Å². The molecule has 0 aliphatic carbocycles. The topological polar surface area (TPSA) is 130 Å². The van der Waals surface area contributed by atoms with Gasteiger partial charge < -0.3 is 21.7 Å². The van der Waals surface area contributed by atoms with Crippen LogP contribution in [-0.2, 0) is 20.8 Å². The zero-order valence-corrected chi connectivity index (χ0v) is 19.1. The van der Waals surface area contributed by atoms with Crippen LogP contribution in [0.1, 0.15) is 33.9 Å². The zero-order valence-electron chi connectivity index (χ0n) is 19.1. The summed E-state index contributed by atoms with van der Waals surface area (Å²) >= 11 is 0. The van der Waals surface area contributed by atoms with Crippen molar-refractivity contribution in [1.29, 1.82) is 0 Å². The molecule has 0 spiro atoms. The Labute approximate surface area is 203 Å². The number of benzene rings is 3. The van der Waals surface area contributed by atoms with Crippen molar-refractivity contribution in [3.8, 4) is 0 Å². The normalized spacial score (nSPS) is 12.1. The van der Waals surface area contributed by atoms with E-state index in [1.807, 2.05) is 36.4 Å². The van der Waals surface area contributed by atoms with Gasteiger partial charge in [-0.15, -0.1) is 0 Å². The molecule has 180 valence electrons. The molecule has 8 heteroatoms. The third kappa shape index (κ3) is 8.12. The largest absolute Gasteiger partial charge is 0.370 e. The lowest BCUT2D eigenvalue weighted by Crippen LogP contribution is -2.50. The molecular weight excluding hydrogens is 444 g/mol. The number of nitrogens with one attached hydrogen (secondary N) is 3. The Morgan fingerprint density at radius 2 is 1.31 bits per heavy atom. The maximum Gasteiger partial charge on any atom is 0.251 e. The summed E-state index contributed by atoms with van der Waals surface area (Å²) in [6, 6.07) is 25.3. The number of primary amides is 1. The maximum absolute atomic E-state index is 13.0. The summed E-state index contributed by atoms with van der Waals surface area (Å²) in [6.45, 7) is -0.326. The minimum absolute atomic E-state index is 0.0759. The lowest BCUT2D eigenvalue weighted by molar-refractivity contribution is -0.127. The van der Waals surface area contributed by atoms with Crippen LogP contribution in [0.4, 0.5) is 0 Å². The quantitative estimate of drug-likeness (QED) is 0.339. The van der Waals surface area contributed by atoms with Crippen LogP contribution in [-0.4, -0.2) is 36.2 Å². The van der Waals surface area contributed by atoms with Gasteiger partial charge in [0.1, 0.15) is 6.04 Å². The first kappa shape index (κ1) is 25.2. The molecule has 35 heavy (non-hydrogen) atoms. The third-order valence-corrected chi connectivity index (χ3v) is 5.31. The molecule has 3 aromatic rings. The van der Waals surface area contributed by atoms with Crippen LogP contribution >= 0.6 is 0 Å². The molecule has 0 aromatic heterocycles. The average molecular weight is 473 g/mol.